The molecule has 0 aromatic heterocycles. The van der Waals surface area contributed by atoms with Crippen molar-refractivity contribution in [3.8, 4) is 0 Å². The highest BCUT2D eigenvalue weighted by atomic mass is 16.1. The lowest BCUT2D eigenvalue weighted by Gasteiger charge is -2.12. The minimum absolute atomic E-state index is 0.217. The first-order valence-corrected chi connectivity index (χ1v) is 4.50. The van der Waals surface area contributed by atoms with E-state index in [1.54, 1.807) is 12.1 Å². The van der Waals surface area contributed by atoms with Crippen molar-refractivity contribution in [1.82, 2.24) is 0 Å². The summed E-state index contributed by atoms with van der Waals surface area (Å²) in [6.07, 6.45) is 0. The number of nitrogens with one attached hydrogen (secondary N) is 1. The second-order valence-electron chi connectivity index (χ2n) is 3.22. The van der Waals surface area contributed by atoms with Crippen molar-refractivity contribution >= 4 is 11.6 Å². The Balaban J connectivity index is 2.68. The van der Waals surface area contributed by atoms with E-state index in [1.165, 1.54) is 0 Å². The predicted molar refractivity (Wildman–Crippen MR) is 57.1 cm³/mol. The van der Waals surface area contributed by atoms with E-state index in [-0.39, 0.29) is 6.04 Å². The van der Waals surface area contributed by atoms with Gasteiger partial charge in [0, 0.05) is 23.8 Å². The first-order valence-electron chi connectivity index (χ1n) is 4.50. The monoisotopic (exact) mass is 193 g/mol. The second kappa shape index (κ2) is 4.62. The Kier molecular flexibility index (Phi) is 3.48. The van der Waals surface area contributed by atoms with Gasteiger partial charge in [-0.1, -0.05) is 0 Å². The minimum atomic E-state index is -0.413. The molecular weight excluding hydrogens is 178 g/mol. The van der Waals surface area contributed by atoms with Gasteiger partial charge in [0.1, 0.15) is 0 Å². The van der Waals surface area contributed by atoms with Crippen LogP contribution < -0.4 is 16.8 Å². The average molecular weight is 193 g/mol. The summed E-state index contributed by atoms with van der Waals surface area (Å²) in [5.41, 5.74) is 12.0. The van der Waals surface area contributed by atoms with E-state index in [2.05, 4.69) is 5.32 Å². The molecule has 0 aliphatic carbocycles. The lowest BCUT2D eigenvalue weighted by atomic mass is 10.2. The molecule has 0 aliphatic heterocycles. The molecule has 1 aromatic carbocycles. The zero-order valence-corrected chi connectivity index (χ0v) is 8.16. The summed E-state index contributed by atoms with van der Waals surface area (Å²) in [7, 11) is 0. The smallest absolute Gasteiger partial charge is 0.248 e. The molecule has 1 aromatic rings. The van der Waals surface area contributed by atoms with Crippen LogP contribution in [0.25, 0.3) is 0 Å². The molecule has 0 saturated heterocycles. The highest BCUT2D eigenvalue weighted by molar-refractivity contribution is 5.93. The van der Waals surface area contributed by atoms with Crippen molar-refractivity contribution in [2.24, 2.45) is 11.5 Å². The summed E-state index contributed by atoms with van der Waals surface area (Å²) >= 11 is 0. The third-order valence-electron chi connectivity index (χ3n) is 1.94. The van der Waals surface area contributed by atoms with E-state index < -0.39 is 5.91 Å². The van der Waals surface area contributed by atoms with Gasteiger partial charge in [-0.05, 0) is 31.2 Å². The molecule has 4 heteroatoms. The number of rotatable bonds is 4. The van der Waals surface area contributed by atoms with E-state index in [0.29, 0.717) is 12.1 Å². The Morgan fingerprint density at radius 2 is 2.00 bits per heavy atom. The maximum atomic E-state index is 10.8. The van der Waals surface area contributed by atoms with Crippen molar-refractivity contribution in [3.63, 3.8) is 0 Å². The normalized spacial score (nSPS) is 12.1. The SMILES string of the molecule is C[C@@H](CN)Nc1ccc(C(N)=O)cc1. The molecule has 5 N–H and O–H groups in total. The third-order valence-corrected chi connectivity index (χ3v) is 1.94. The number of benzene rings is 1. The van der Waals surface area contributed by atoms with Gasteiger partial charge < -0.3 is 16.8 Å². The molecule has 4 nitrogen and oxygen atoms in total. The number of nitrogens with two attached hydrogens (primary N) is 2. The molecule has 0 spiro atoms. The fraction of sp³-hybridized carbons (Fsp3) is 0.300. The Morgan fingerprint density at radius 1 is 1.43 bits per heavy atom. The fourth-order valence-electron chi connectivity index (χ4n) is 1.07. The molecule has 0 heterocycles. The van der Waals surface area contributed by atoms with Crippen LogP contribution in [-0.2, 0) is 0 Å². The standard InChI is InChI=1S/C10H15N3O/c1-7(6-11)13-9-4-2-8(3-5-9)10(12)14/h2-5,7,13H,6,11H2,1H3,(H2,12,14)/t7-/m0/s1. The van der Waals surface area contributed by atoms with E-state index in [1.807, 2.05) is 19.1 Å². The summed E-state index contributed by atoms with van der Waals surface area (Å²) in [5, 5.41) is 3.18. The maximum absolute atomic E-state index is 10.8. The Morgan fingerprint density at radius 3 is 2.43 bits per heavy atom. The first-order chi connectivity index (χ1) is 6.63. The lowest BCUT2D eigenvalue weighted by molar-refractivity contribution is 0.100. The van der Waals surface area contributed by atoms with Crippen LogP contribution in [0.4, 0.5) is 5.69 Å². The largest absolute Gasteiger partial charge is 0.381 e. The molecule has 1 atom stereocenters. The van der Waals surface area contributed by atoms with Gasteiger partial charge in [0.2, 0.25) is 5.91 Å². The van der Waals surface area contributed by atoms with Crippen LogP contribution in [0.2, 0.25) is 0 Å². The Labute approximate surface area is 83.3 Å². The van der Waals surface area contributed by atoms with Gasteiger partial charge in [-0.2, -0.15) is 0 Å². The summed E-state index contributed by atoms with van der Waals surface area (Å²) < 4.78 is 0. The Bertz CT molecular complexity index is 308. The molecule has 0 radical (unpaired) electrons. The molecule has 0 aliphatic rings. The number of anilines is 1. The van der Waals surface area contributed by atoms with Crippen LogP contribution in [-0.4, -0.2) is 18.5 Å². The van der Waals surface area contributed by atoms with Crippen molar-refractivity contribution in [2.45, 2.75) is 13.0 Å². The molecule has 0 fully saturated rings. The zero-order valence-electron chi connectivity index (χ0n) is 8.16. The summed E-state index contributed by atoms with van der Waals surface area (Å²) in [4.78, 5) is 10.8. The van der Waals surface area contributed by atoms with E-state index in [4.69, 9.17) is 11.5 Å². The summed E-state index contributed by atoms with van der Waals surface area (Å²) in [6.45, 7) is 2.56. The van der Waals surface area contributed by atoms with Gasteiger partial charge in [0.25, 0.3) is 0 Å². The van der Waals surface area contributed by atoms with Gasteiger partial charge in [-0.3, -0.25) is 4.79 Å². The second-order valence-corrected chi connectivity index (χ2v) is 3.22. The molecule has 0 bridgehead atoms. The van der Waals surface area contributed by atoms with E-state index in [9.17, 15) is 4.79 Å². The van der Waals surface area contributed by atoms with Gasteiger partial charge in [0.15, 0.2) is 0 Å². The van der Waals surface area contributed by atoms with Crippen LogP contribution in [0, 0.1) is 0 Å². The molecule has 76 valence electrons. The quantitative estimate of drug-likeness (QED) is 0.653. The Hall–Kier alpha value is -1.55. The summed E-state index contributed by atoms with van der Waals surface area (Å²) in [5.74, 6) is -0.413. The van der Waals surface area contributed by atoms with Crippen LogP contribution >= 0.6 is 0 Å². The van der Waals surface area contributed by atoms with Crippen LogP contribution in [0.1, 0.15) is 17.3 Å². The van der Waals surface area contributed by atoms with Crippen LogP contribution in [0.3, 0.4) is 0 Å². The van der Waals surface area contributed by atoms with Crippen LogP contribution in [0.15, 0.2) is 24.3 Å². The number of carbonyl (C=O) groups excluding carboxylic acids is 1. The molecular formula is C10H15N3O. The fourth-order valence-corrected chi connectivity index (χ4v) is 1.07. The average Bonchev–Trinajstić information content (AvgIpc) is 2.18. The summed E-state index contributed by atoms with van der Waals surface area (Å²) in [6, 6.07) is 7.22. The predicted octanol–water partition coefficient (Wildman–Crippen LogP) is 0.545. The molecule has 0 saturated carbocycles. The van der Waals surface area contributed by atoms with Crippen molar-refractivity contribution in [2.75, 3.05) is 11.9 Å². The van der Waals surface area contributed by atoms with Crippen molar-refractivity contribution < 1.29 is 4.79 Å². The first kappa shape index (κ1) is 10.5. The van der Waals surface area contributed by atoms with Crippen molar-refractivity contribution in [1.29, 1.82) is 0 Å². The third kappa shape index (κ3) is 2.74. The highest BCUT2D eigenvalue weighted by Gasteiger charge is 2.01. The van der Waals surface area contributed by atoms with E-state index in [0.717, 1.165) is 5.69 Å². The van der Waals surface area contributed by atoms with Gasteiger partial charge in [-0.25, -0.2) is 0 Å². The van der Waals surface area contributed by atoms with E-state index >= 15 is 0 Å². The topological polar surface area (TPSA) is 81.1 Å². The maximum Gasteiger partial charge on any atom is 0.248 e. The highest BCUT2D eigenvalue weighted by Crippen LogP contribution is 2.09. The number of hydrogen-bond donors (Lipinski definition) is 3. The number of amides is 1. The molecule has 14 heavy (non-hydrogen) atoms. The number of carbonyl (C=O) groups is 1. The van der Waals surface area contributed by atoms with Crippen LogP contribution in [0.5, 0.6) is 0 Å². The molecule has 1 amide bonds. The van der Waals surface area contributed by atoms with Crippen molar-refractivity contribution in [3.05, 3.63) is 29.8 Å². The van der Waals surface area contributed by atoms with Gasteiger partial charge >= 0.3 is 0 Å². The lowest BCUT2D eigenvalue weighted by Crippen LogP contribution is -2.25. The zero-order chi connectivity index (χ0) is 10.6. The molecule has 0 unspecified atom stereocenters. The molecule has 1 rings (SSSR count). The number of hydrogen-bond acceptors (Lipinski definition) is 3. The van der Waals surface area contributed by atoms with Gasteiger partial charge in [0.05, 0.1) is 0 Å². The van der Waals surface area contributed by atoms with Gasteiger partial charge in [-0.15, -0.1) is 0 Å². The number of primary amides is 1. The minimum Gasteiger partial charge on any atom is -0.381 e.